The van der Waals surface area contributed by atoms with Crippen molar-refractivity contribution in [3.8, 4) is 17.2 Å². The van der Waals surface area contributed by atoms with Gasteiger partial charge in [0.05, 0.1) is 32.9 Å². The van der Waals surface area contributed by atoms with Crippen molar-refractivity contribution in [2.24, 2.45) is 0 Å². The first kappa shape index (κ1) is 21.9. The fraction of sp³-hybridized carbons (Fsp3) is 0.238. The molecule has 0 aromatic heterocycles. The molecule has 0 spiro atoms. The van der Waals surface area contributed by atoms with Gasteiger partial charge in [-0.2, -0.15) is 0 Å². The van der Waals surface area contributed by atoms with Gasteiger partial charge in [-0.1, -0.05) is 0 Å². The quantitative estimate of drug-likeness (QED) is 0.650. The normalized spacial score (nSPS) is 15.7. The lowest BCUT2D eigenvalue weighted by Crippen LogP contribution is -2.46. The van der Waals surface area contributed by atoms with Gasteiger partial charge in [0.1, 0.15) is 0 Å². The molecule has 1 heterocycles. The molecule has 3 N–H and O–H groups in total. The van der Waals surface area contributed by atoms with Gasteiger partial charge in [-0.3, -0.25) is 4.79 Å². The Morgan fingerprint density at radius 1 is 1.00 bits per heavy atom. The van der Waals surface area contributed by atoms with Crippen LogP contribution >= 0.6 is 0 Å². The molecule has 3 rings (SSSR count). The van der Waals surface area contributed by atoms with Gasteiger partial charge >= 0.3 is 6.03 Å². The minimum atomic E-state index is -1.10. The van der Waals surface area contributed by atoms with Crippen LogP contribution in [0.2, 0.25) is 0 Å². The minimum absolute atomic E-state index is 0.0599. The number of anilines is 1. The van der Waals surface area contributed by atoms with Gasteiger partial charge in [-0.15, -0.1) is 0 Å². The van der Waals surface area contributed by atoms with Gasteiger partial charge in [-0.25, -0.2) is 13.6 Å². The Balaban J connectivity index is 2.04. The van der Waals surface area contributed by atoms with Gasteiger partial charge in [0, 0.05) is 17.5 Å². The Morgan fingerprint density at radius 2 is 1.65 bits per heavy atom. The Labute approximate surface area is 177 Å². The number of methoxy groups -OCH3 is 3. The summed E-state index contributed by atoms with van der Waals surface area (Å²) in [5.74, 6) is -1.72. The number of hydrogen-bond donors (Lipinski definition) is 3. The zero-order valence-electron chi connectivity index (χ0n) is 17.3. The summed E-state index contributed by atoms with van der Waals surface area (Å²) in [7, 11) is 4.34. The first-order chi connectivity index (χ1) is 14.8. The van der Waals surface area contributed by atoms with Gasteiger partial charge in [0.15, 0.2) is 23.1 Å². The number of allylic oxidation sites excluding steroid dienone is 1. The van der Waals surface area contributed by atoms with E-state index in [4.69, 9.17) is 14.2 Å². The first-order valence-electron chi connectivity index (χ1n) is 9.13. The van der Waals surface area contributed by atoms with E-state index in [1.54, 1.807) is 19.1 Å². The number of carbonyl (C=O) groups excluding carboxylic acids is 2. The average Bonchev–Trinajstić information content (AvgIpc) is 2.74. The molecule has 2 aromatic carbocycles. The van der Waals surface area contributed by atoms with E-state index in [1.807, 2.05) is 0 Å². The van der Waals surface area contributed by atoms with Gasteiger partial charge in [-0.05, 0) is 36.8 Å². The lowest BCUT2D eigenvalue weighted by atomic mass is 9.94. The monoisotopic (exact) mass is 433 g/mol. The molecule has 1 atom stereocenters. The summed E-state index contributed by atoms with van der Waals surface area (Å²) < 4.78 is 42.7. The third-order valence-corrected chi connectivity index (χ3v) is 4.71. The van der Waals surface area contributed by atoms with Crippen molar-refractivity contribution < 1.29 is 32.6 Å². The summed E-state index contributed by atoms with van der Waals surface area (Å²) in [5, 5.41) is 7.75. The molecule has 2 aromatic rings. The van der Waals surface area contributed by atoms with Crippen LogP contribution in [0.25, 0.3) is 0 Å². The van der Waals surface area contributed by atoms with Crippen LogP contribution in [0.4, 0.5) is 19.3 Å². The van der Waals surface area contributed by atoms with Crippen molar-refractivity contribution in [3.05, 3.63) is 58.8 Å². The molecule has 0 fully saturated rings. The second kappa shape index (κ2) is 8.90. The topological polar surface area (TPSA) is 97.9 Å². The maximum atomic E-state index is 13.5. The number of benzene rings is 2. The van der Waals surface area contributed by atoms with E-state index in [2.05, 4.69) is 16.0 Å². The Morgan fingerprint density at radius 3 is 2.19 bits per heavy atom. The fourth-order valence-electron chi connectivity index (χ4n) is 3.29. The SMILES string of the molecule is COc1cc(C2NC(=O)NC(C)=C2C(=O)Nc2ccc(F)c(F)c2)cc(OC)c1OC. The molecule has 1 aliphatic rings. The highest BCUT2D eigenvalue weighted by atomic mass is 19.2. The largest absolute Gasteiger partial charge is 0.493 e. The zero-order valence-corrected chi connectivity index (χ0v) is 17.3. The Kier molecular flexibility index (Phi) is 6.28. The molecule has 1 aliphatic heterocycles. The van der Waals surface area contributed by atoms with Gasteiger partial charge in [0.25, 0.3) is 5.91 Å². The molecule has 10 heteroatoms. The van der Waals surface area contributed by atoms with Crippen LogP contribution in [0.3, 0.4) is 0 Å². The number of amides is 3. The number of halogens is 2. The van der Waals surface area contributed by atoms with Crippen molar-refractivity contribution in [2.75, 3.05) is 26.6 Å². The number of carbonyl (C=O) groups is 2. The maximum absolute atomic E-state index is 13.5. The second-order valence-electron chi connectivity index (χ2n) is 6.61. The van der Waals surface area contributed by atoms with Crippen LogP contribution in [0.15, 0.2) is 41.6 Å². The third kappa shape index (κ3) is 4.37. The first-order valence-corrected chi connectivity index (χ1v) is 9.13. The fourth-order valence-corrected chi connectivity index (χ4v) is 3.29. The molecular weight excluding hydrogens is 412 g/mol. The Bertz CT molecular complexity index is 1050. The van der Waals surface area contributed by atoms with E-state index in [1.165, 1.54) is 27.4 Å². The van der Waals surface area contributed by atoms with Crippen LogP contribution in [-0.4, -0.2) is 33.3 Å². The number of urea groups is 1. The van der Waals surface area contributed by atoms with Crippen LogP contribution in [0.5, 0.6) is 17.2 Å². The molecule has 8 nitrogen and oxygen atoms in total. The predicted octanol–water partition coefficient (Wildman–Crippen LogP) is 3.26. The second-order valence-corrected chi connectivity index (χ2v) is 6.61. The average molecular weight is 433 g/mol. The molecule has 31 heavy (non-hydrogen) atoms. The summed E-state index contributed by atoms with van der Waals surface area (Å²) in [6.07, 6.45) is 0. The molecule has 1 unspecified atom stereocenters. The number of nitrogens with one attached hydrogen (secondary N) is 3. The molecule has 0 saturated carbocycles. The zero-order chi connectivity index (χ0) is 22.7. The van der Waals surface area contributed by atoms with E-state index in [9.17, 15) is 18.4 Å². The summed E-state index contributed by atoms with van der Waals surface area (Å²) in [6, 6.07) is 4.82. The van der Waals surface area contributed by atoms with Crippen LogP contribution < -0.4 is 30.2 Å². The molecule has 3 amide bonds. The highest BCUT2D eigenvalue weighted by Gasteiger charge is 2.32. The highest BCUT2D eigenvalue weighted by molar-refractivity contribution is 6.06. The molecule has 0 aliphatic carbocycles. The van der Waals surface area contributed by atoms with Crippen molar-refractivity contribution in [1.82, 2.24) is 10.6 Å². The summed E-state index contributed by atoms with van der Waals surface area (Å²) in [6.45, 7) is 1.56. The Hall–Kier alpha value is -3.82. The lowest BCUT2D eigenvalue weighted by Gasteiger charge is -2.29. The van der Waals surface area contributed by atoms with E-state index < -0.39 is 29.6 Å². The van der Waals surface area contributed by atoms with Gasteiger partial charge < -0.3 is 30.2 Å². The summed E-state index contributed by atoms with van der Waals surface area (Å²) in [5.41, 5.74) is 1.00. The lowest BCUT2D eigenvalue weighted by molar-refractivity contribution is -0.113. The molecule has 0 saturated heterocycles. The predicted molar refractivity (Wildman–Crippen MR) is 108 cm³/mol. The van der Waals surface area contributed by atoms with E-state index in [0.717, 1.165) is 12.1 Å². The number of hydrogen-bond acceptors (Lipinski definition) is 5. The molecule has 0 bridgehead atoms. The van der Waals surface area contributed by atoms with Crippen molar-refractivity contribution in [1.29, 1.82) is 0 Å². The number of rotatable bonds is 6. The summed E-state index contributed by atoms with van der Waals surface area (Å²) in [4.78, 5) is 25.2. The smallest absolute Gasteiger partial charge is 0.319 e. The van der Waals surface area contributed by atoms with E-state index >= 15 is 0 Å². The third-order valence-electron chi connectivity index (χ3n) is 4.71. The standard InChI is InChI=1S/C21H21F2N3O5/c1-10-17(20(27)25-12-5-6-13(22)14(23)9-12)18(26-21(28)24-10)11-7-15(29-2)19(31-4)16(8-11)30-3/h5-9,18H,1-4H3,(H,25,27)(H2,24,26,28). The molecular formula is C21H21F2N3O5. The van der Waals surface area contributed by atoms with Crippen LogP contribution in [-0.2, 0) is 4.79 Å². The van der Waals surface area contributed by atoms with Crippen LogP contribution in [0.1, 0.15) is 18.5 Å². The van der Waals surface area contributed by atoms with E-state index in [-0.39, 0.29) is 11.3 Å². The maximum Gasteiger partial charge on any atom is 0.319 e. The molecule has 0 radical (unpaired) electrons. The van der Waals surface area contributed by atoms with Crippen molar-refractivity contribution >= 4 is 17.6 Å². The summed E-state index contributed by atoms with van der Waals surface area (Å²) >= 11 is 0. The minimum Gasteiger partial charge on any atom is -0.493 e. The number of ether oxygens (including phenoxy) is 3. The highest BCUT2D eigenvalue weighted by Crippen LogP contribution is 2.41. The van der Waals surface area contributed by atoms with Gasteiger partial charge in [0.2, 0.25) is 5.75 Å². The van der Waals surface area contributed by atoms with Crippen molar-refractivity contribution in [2.45, 2.75) is 13.0 Å². The van der Waals surface area contributed by atoms with Crippen molar-refractivity contribution in [3.63, 3.8) is 0 Å². The van der Waals surface area contributed by atoms with E-state index in [0.29, 0.717) is 28.5 Å². The molecule has 164 valence electrons. The van der Waals surface area contributed by atoms with Crippen LogP contribution in [0, 0.1) is 11.6 Å².